The van der Waals surface area contributed by atoms with Crippen LogP contribution in [0, 0.1) is 0 Å². The fourth-order valence-corrected chi connectivity index (χ4v) is 2.26. The van der Waals surface area contributed by atoms with Gasteiger partial charge in [0.25, 0.3) is 0 Å². The Kier molecular flexibility index (Phi) is 2.30. The fraction of sp³-hybridized carbons (Fsp3) is 0. The minimum Gasteiger partial charge on any atom is -0.298 e. The fourth-order valence-electron chi connectivity index (χ4n) is 2.09. The van der Waals surface area contributed by atoms with Crippen molar-refractivity contribution in [1.29, 1.82) is 0 Å². The third-order valence-corrected chi connectivity index (χ3v) is 3.11. The van der Waals surface area contributed by atoms with Crippen LogP contribution in [-0.4, -0.2) is 11.3 Å². The van der Waals surface area contributed by atoms with Crippen LogP contribution in [0.25, 0.3) is 21.5 Å². The molecule has 0 aliphatic carbocycles. The van der Waals surface area contributed by atoms with Crippen LogP contribution in [0.15, 0.2) is 42.7 Å². The second-order valence-corrected chi connectivity index (χ2v) is 4.31. The maximum atomic E-state index is 11.1. The van der Waals surface area contributed by atoms with Gasteiger partial charge in [-0.2, -0.15) is 0 Å². The molecule has 0 N–H and O–H groups in total. The lowest BCUT2D eigenvalue weighted by Gasteiger charge is -2.06. The van der Waals surface area contributed by atoms with Crippen LogP contribution in [0.2, 0.25) is 5.02 Å². The zero-order valence-electron chi connectivity index (χ0n) is 8.85. The van der Waals surface area contributed by atoms with Crippen molar-refractivity contribution in [3.05, 3.63) is 53.3 Å². The molecular formula is C14H8ClNO. The van der Waals surface area contributed by atoms with Crippen LogP contribution in [0.3, 0.4) is 0 Å². The summed E-state index contributed by atoms with van der Waals surface area (Å²) in [4.78, 5) is 15.2. The number of aromatic nitrogens is 1. The number of aldehydes is 1. The van der Waals surface area contributed by atoms with Crippen LogP contribution < -0.4 is 0 Å². The van der Waals surface area contributed by atoms with E-state index in [1.54, 1.807) is 18.5 Å². The van der Waals surface area contributed by atoms with E-state index >= 15 is 0 Å². The SMILES string of the molecule is O=Cc1cc2ccncc2c2cc(Cl)ccc12. The van der Waals surface area contributed by atoms with E-state index < -0.39 is 0 Å². The van der Waals surface area contributed by atoms with Crippen LogP contribution in [0.4, 0.5) is 0 Å². The van der Waals surface area contributed by atoms with E-state index in [1.165, 1.54) is 0 Å². The summed E-state index contributed by atoms with van der Waals surface area (Å²) in [6.45, 7) is 0. The van der Waals surface area contributed by atoms with Crippen molar-refractivity contribution in [2.45, 2.75) is 0 Å². The Morgan fingerprint density at radius 3 is 2.76 bits per heavy atom. The van der Waals surface area contributed by atoms with Crippen molar-refractivity contribution in [2.75, 3.05) is 0 Å². The van der Waals surface area contributed by atoms with Crippen molar-refractivity contribution in [2.24, 2.45) is 0 Å². The third kappa shape index (κ3) is 1.58. The smallest absolute Gasteiger partial charge is 0.150 e. The van der Waals surface area contributed by atoms with Gasteiger partial charge in [0.15, 0.2) is 6.29 Å². The molecule has 0 amide bonds. The summed E-state index contributed by atoms with van der Waals surface area (Å²) in [6, 6.07) is 9.30. The number of benzene rings is 2. The Hall–Kier alpha value is -1.93. The molecule has 3 aromatic rings. The zero-order valence-corrected chi connectivity index (χ0v) is 9.61. The van der Waals surface area contributed by atoms with Gasteiger partial charge in [0.05, 0.1) is 0 Å². The molecule has 0 spiro atoms. The van der Waals surface area contributed by atoms with Gasteiger partial charge in [-0.25, -0.2) is 0 Å². The molecule has 82 valence electrons. The summed E-state index contributed by atoms with van der Waals surface area (Å²) in [6.07, 6.45) is 4.38. The summed E-state index contributed by atoms with van der Waals surface area (Å²) in [7, 11) is 0. The molecule has 0 fully saturated rings. The third-order valence-electron chi connectivity index (χ3n) is 2.88. The maximum absolute atomic E-state index is 11.1. The Balaban J connectivity index is 2.61. The molecule has 0 bridgehead atoms. The van der Waals surface area contributed by atoms with Gasteiger partial charge in [0, 0.05) is 28.4 Å². The van der Waals surface area contributed by atoms with Crippen LogP contribution in [0.1, 0.15) is 10.4 Å². The number of pyridine rings is 1. The monoisotopic (exact) mass is 241 g/mol. The minimum atomic E-state index is 0.658. The predicted octanol–water partition coefficient (Wildman–Crippen LogP) is 3.85. The van der Waals surface area contributed by atoms with E-state index in [-0.39, 0.29) is 0 Å². The van der Waals surface area contributed by atoms with Gasteiger partial charge in [0.1, 0.15) is 0 Å². The first kappa shape index (κ1) is 10.2. The van der Waals surface area contributed by atoms with Crippen molar-refractivity contribution in [3.63, 3.8) is 0 Å². The first-order valence-corrected chi connectivity index (χ1v) is 5.58. The number of carbonyl (C=O) groups excluding carboxylic acids is 1. The number of hydrogen-bond acceptors (Lipinski definition) is 2. The van der Waals surface area contributed by atoms with Crippen LogP contribution in [-0.2, 0) is 0 Å². The predicted molar refractivity (Wildman–Crippen MR) is 69.6 cm³/mol. The van der Waals surface area contributed by atoms with Crippen molar-refractivity contribution in [1.82, 2.24) is 4.98 Å². The first-order chi connectivity index (χ1) is 8.29. The van der Waals surface area contributed by atoms with Crippen molar-refractivity contribution < 1.29 is 4.79 Å². The lowest BCUT2D eigenvalue weighted by atomic mass is 9.99. The lowest BCUT2D eigenvalue weighted by Crippen LogP contribution is -1.87. The number of hydrogen-bond donors (Lipinski definition) is 0. The lowest BCUT2D eigenvalue weighted by molar-refractivity contribution is 0.112. The topological polar surface area (TPSA) is 30.0 Å². The maximum Gasteiger partial charge on any atom is 0.150 e. The zero-order chi connectivity index (χ0) is 11.8. The molecule has 2 nitrogen and oxygen atoms in total. The highest BCUT2D eigenvalue weighted by molar-refractivity contribution is 6.32. The van der Waals surface area contributed by atoms with Gasteiger partial charge >= 0.3 is 0 Å². The Labute approximate surface area is 103 Å². The van der Waals surface area contributed by atoms with E-state index in [9.17, 15) is 4.79 Å². The largest absolute Gasteiger partial charge is 0.298 e. The standard InChI is InChI=1S/C14H8ClNO/c15-11-1-2-12-10(8-17)5-9-3-4-16-7-14(9)13(12)6-11/h1-8H. The molecule has 0 radical (unpaired) electrons. The number of fused-ring (bicyclic) bond motifs is 3. The Morgan fingerprint density at radius 1 is 1.06 bits per heavy atom. The summed E-state index contributed by atoms with van der Waals surface area (Å²) in [5.74, 6) is 0. The number of halogens is 1. The molecule has 17 heavy (non-hydrogen) atoms. The highest BCUT2D eigenvalue weighted by Crippen LogP contribution is 2.29. The summed E-state index contributed by atoms with van der Waals surface area (Å²) < 4.78 is 0. The molecule has 3 rings (SSSR count). The second-order valence-electron chi connectivity index (χ2n) is 3.87. The Morgan fingerprint density at radius 2 is 1.94 bits per heavy atom. The number of rotatable bonds is 1. The van der Waals surface area contributed by atoms with Gasteiger partial charge in [0.2, 0.25) is 0 Å². The molecule has 0 atom stereocenters. The quantitative estimate of drug-likeness (QED) is 0.478. The van der Waals surface area contributed by atoms with Crippen molar-refractivity contribution >= 4 is 39.4 Å². The van der Waals surface area contributed by atoms with Crippen LogP contribution in [0.5, 0.6) is 0 Å². The average Bonchev–Trinajstić information content (AvgIpc) is 2.37. The van der Waals surface area contributed by atoms with E-state index in [2.05, 4.69) is 4.98 Å². The summed E-state index contributed by atoms with van der Waals surface area (Å²) >= 11 is 6.01. The Bertz CT molecular complexity index is 737. The highest BCUT2D eigenvalue weighted by Gasteiger charge is 2.06. The number of nitrogens with zero attached hydrogens (tertiary/aromatic N) is 1. The average molecular weight is 242 g/mol. The van der Waals surface area contributed by atoms with E-state index in [1.807, 2.05) is 24.3 Å². The van der Waals surface area contributed by atoms with E-state index in [0.717, 1.165) is 27.8 Å². The molecule has 0 aliphatic heterocycles. The van der Waals surface area contributed by atoms with Gasteiger partial charge in [-0.05, 0) is 40.4 Å². The van der Waals surface area contributed by atoms with Crippen molar-refractivity contribution in [3.8, 4) is 0 Å². The molecular weight excluding hydrogens is 234 g/mol. The summed E-state index contributed by atoms with van der Waals surface area (Å²) in [5, 5.41) is 4.54. The van der Waals surface area contributed by atoms with E-state index in [4.69, 9.17) is 11.6 Å². The van der Waals surface area contributed by atoms with Crippen LogP contribution >= 0.6 is 11.6 Å². The molecule has 1 aromatic heterocycles. The minimum absolute atomic E-state index is 0.658. The van der Waals surface area contributed by atoms with E-state index in [0.29, 0.717) is 10.6 Å². The number of carbonyl (C=O) groups is 1. The van der Waals surface area contributed by atoms with Gasteiger partial charge in [-0.3, -0.25) is 9.78 Å². The van der Waals surface area contributed by atoms with Gasteiger partial charge < -0.3 is 0 Å². The first-order valence-electron chi connectivity index (χ1n) is 5.21. The summed E-state index contributed by atoms with van der Waals surface area (Å²) in [5.41, 5.74) is 0.676. The van der Waals surface area contributed by atoms with Gasteiger partial charge in [-0.15, -0.1) is 0 Å². The second kappa shape index (κ2) is 3.82. The molecule has 0 saturated heterocycles. The molecule has 2 aromatic carbocycles. The molecule has 1 heterocycles. The van der Waals surface area contributed by atoms with Gasteiger partial charge in [-0.1, -0.05) is 17.7 Å². The molecule has 0 unspecified atom stereocenters. The normalized spacial score (nSPS) is 10.9. The molecule has 0 saturated carbocycles. The molecule has 3 heteroatoms. The molecule has 0 aliphatic rings. The highest BCUT2D eigenvalue weighted by atomic mass is 35.5.